The minimum absolute atomic E-state index is 0.134. The Bertz CT molecular complexity index is 480. The Morgan fingerprint density at radius 2 is 2.20 bits per heavy atom. The zero-order valence-electron chi connectivity index (χ0n) is 12.4. The maximum absolute atomic E-state index is 12.2. The summed E-state index contributed by atoms with van der Waals surface area (Å²) in [5.74, 6) is 0.916. The summed E-state index contributed by atoms with van der Waals surface area (Å²) in [5.41, 5.74) is 0.675. The fraction of sp³-hybridized carbons (Fsp3) is 0.500. The van der Waals surface area contributed by atoms with E-state index in [2.05, 4.69) is 12.2 Å². The number of urea groups is 1. The molecule has 2 atom stereocenters. The number of nitrogens with one attached hydrogen (secondary N) is 1. The molecule has 0 spiro atoms. The molecule has 6 heteroatoms. The molecular formula is C14H22N2O2S2. The number of thioether (sulfide) groups is 1. The topological polar surface area (TPSA) is 49.4 Å². The first-order valence-electron chi connectivity index (χ1n) is 6.45. The monoisotopic (exact) mass is 314 g/mol. The van der Waals surface area contributed by atoms with Crippen LogP contribution in [0, 0.1) is 0 Å². The van der Waals surface area contributed by atoms with Crippen LogP contribution < -0.4 is 5.32 Å². The van der Waals surface area contributed by atoms with E-state index in [0.29, 0.717) is 10.6 Å². The highest BCUT2D eigenvalue weighted by atomic mass is 32.2. The Labute approximate surface area is 127 Å². The van der Waals surface area contributed by atoms with Gasteiger partial charge in [-0.2, -0.15) is 11.8 Å². The number of carbonyl (C=O) groups excluding carboxylic acids is 1. The van der Waals surface area contributed by atoms with Gasteiger partial charge < -0.3 is 10.2 Å². The highest BCUT2D eigenvalue weighted by Gasteiger charge is 2.17. The van der Waals surface area contributed by atoms with Crippen molar-refractivity contribution in [3.8, 4) is 0 Å². The van der Waals surface area contributed by atoms with Crippen LogP contribution in [0.5, 0.6) is 0 Å². The van der Waals surface area contributed by atoms with Gasteiger partial charge in [-0.1, -0.05) is 13.0 Å². The van der Waals surface area contributed by atoms with Gasteiger partial charge in [0.25, 0.3) is 0 Å². The molecule has 0 saturated carbocycles. The number of hydrogen-bond acceptors (Lipinski definition) is 3. The van der Waals surface area contributed by atoms with Crippen molar-refractivity contribution in [2.24, 2.45) is 0 Å². The van der Waals surface area contributed by atoms with E-state index < -0.39 is 10.8 Å². The van der Waals surface area contributed by atoms with Gasteiger partial charge in [0.15, 0.2) is 0 Å². The first-order chi connectivity index (χ1) is 9.49. The normalized spacial score (nSPS) is 13.6. The molecule has 0 radical (unpaired) electrons. The standard InChI is InChI=1S/C14H22N2O2S2/c1-5-12(10-19-3)16(2)14(17)15-11-7-6-8-13(9-11)20(4)18/h6-9,12H,5,10H2,1-4H3,(H,15,17)/t12-,20-/m0/s1. The van der Waals surface area contributed by atoms with E-state index in [1.54, 1.807) is 47.2 Å². The minimum atomic E-state index is -1.05. The van der Waals surface area contributed by atoms with Crippen LogP contribution in [0.25, 0.3) is 0 Å². The highest BCUT2D eigenvalue weighted by molar-refractivity contribution is 7.98. The molecule has 0 aliphatic heterocycles. The molecule has 0 heterocycles. The van der Waals surface area contributed by atoms with E-state index >= 15 is 0 Å². The number of anilines is 1. The first kappa shape index (κ1) is 17.0. The Balaban J connectivity index is 2.74. The molecule has 0 unspecified atom stereocenters. The Morgan fingerprint density at radius 1 is 1.50 bits per heavy atom. The van der Waals surface area contributed by atoms with Crippen LogP contribution in [0.4, 0.5) is 10.5 Å². The van der Waals surface area contributed by atoms with E-state index in [9.17, 15) is 9.00 Å². The van der Waals surface area contributed by atoms with Crippen LogP contribution in [0.1, 0.15) is 13.3 Å². The van der Waals surface area contributed by atoms with E-state index in [0.717, 1.165) is 12.2 Å². The Hall–Kier alpha value is -1.01. The predicted molar refractivity (Wildman–Crippen MR) is 88.0 cm³/mol. The van der Waals surface area contributed by atoms with Crippen molar-refractivity contribution in [2.45, 2.75) is 24.3 Å². The average Bonchev–Trinajstić information content (AvgIpc) is 2.44. The van der Waals surface area contributed by atoms with Crippen LogP contribution in [0.3, 0.4) is 0 Å². The zero-order valence-corrected chi connectivity index (χ0v) is 14.0. The van der Waals surface area contributed by atoms with Crippen LogP contribution in [-0.2, 0) is 10.8 Å². The van der Waals surface area contributed by atoms with Gasteiger partial charge in [-0.15, -0.1) is 0 Å². The molecule has 0 fully saturated rings. The van der Waals surface area contributed by atoms with Gasteiger partial charge in [0.1, 0.15) is 0 Å². The highest BCUT2D eigenvalue weighted by Crippen LogP contribution is 2.15. The molecular weight excluding hydrogens is 292 g/mol. The lowest BCUT2D eigenvalue weighted by Gasteiger charge is -2.27. The minimum Gasteiger partial charge on any atom is -0.324 e. The Kier molecular flexibility index (Phi) is 7.09. The molecule has 4 nitrogen and oxygen atoms in total. The fourth-order valence-electron chi connectivity index (χ4n) is 1.83. The van der Waals surface area contributed by atoms with E-state index in [1.807, 2.05) is 13.3 Å². The van der Waals surface area contributed by atoms with Crippen molar-refractivity contribution in [1.29, 1.82) is 0 Å². The Morgan fingerprint density at radius 3 is 2.75 bits per heavy atom. The number of nitrogens with zero attached hydrogens (tertiary/aromatic N) is 1. The number of carbonyl (C=O) groups is 1. The number of amides is 2. The van der Waals surface area contributed by atoms with Gasteiger partial charge in [0.05, 0.1) is 0 Å². The molecule has 0 bridgehead atoms. The SMILES string of the molecule is CC[C@@H](CSC)N(C)C(=O)Nc1cccc([S@](C)=O)c1. The molecule has 0 aliphatic rings. The largest absolute Gasteiger partial charge is 0.324 e. The smallest absolute Gasteiger partial charge is 0.321 e. The molecule has 1 aromatic rings. The van der Waals surface area contributed by atoms with Gasteiger partial charge >= 0.3 is 6.03 Å². The second-order valence-corrected chi connectivity index (χ2v) is 6.83. The molecule has 2 amide bonds. The van der Waals surface area contributed by atoms with Crippen molar-refractivity contribution >= 4 is 34.3 Å². The third-order valence-corrected chi connectivity index (χ3v) is 4.75. The van der Waals surface area contributed by atoms with Crippen LogP contribution in [0.2, 0.25) is 0 Å². The van der Waals surface area contributed by atoms with E-state index in [-0.39, 0.29) is 12.1 Å². The van der Waals surface area contributed by atoms with Crippen molar-refractivity contribution in [2.75, 3.05) is 30.6 Å². The molecule has 20 heavy (non-hydrogen) atoms. The van der Waals surface area contributed by atoms with Gasteiger partial charge in [-0.3, -0.25) is 4.21 Å². The second kappa shape index (κ2) is 8.32. The van der Waals surface area contributed by atoms with Gasteiger partial charge in [0.2, 0.25) is 0 Å². The summed E-state index contributed by atoms with van der Waals surface area (Å²) >= 11 is 1.73. The molecule has 1 N–H and O–H groups in total. The van der Waals surface area contributed by atoms with Crippen LogP contribution in [-0.4, -0.2) is 46.5 Å². The molecule has 112 valence electrons. The second-order valence-electron chi connectivity index (χ2n) is 4.54. The maximum Gasteiger partial charge on any atom is 0.321 e. The number of rotatable bonds is 6. The molecule has 1 rings (SSSR count). The summed E-state index contributed by atoms with van der Waals surface area (Å²) in [6.45, 7) is 2.07. The molecule has 0 saturated heterocycles. The summed E-state index contributed by atoms with van der Waals surface area (Å²) in [6.07, 6.45) is 4.58. The third-order valence-electron chi connectivity index (χ3n) is 3.12. The summed E-state index contributed by atoms with van der Waals surface area (Å²) in [5, 5.41) is 2.85. The van der Waals surface area contributed by atoms with Gasteiger partial charge in [0, 0.05) is 46.5 Å². The lowest BCUT2D eigenvalue weighted by molar-refractivity contribution is 0.207. The lowest BCUT2D eigenvalue weighted by Crippen LogP contribution is -2.41. The summed E-state index contributed by atoms with van der Waals surface area (Å²) in [7, 11) is 0.761. The molecule has 0 aliphatic carbocycles. The molecule has 0 aromatic heterocycles. The third kappa shape index (κ3) is 4.83. The van der Waals surface area contributed by atoms with Crippen molar-refractivity contribution in [3.05, 3.63) is 24.3 Å². The lowest BCUT2D eigenvalue weighted by atomic mass is 10.2. The average molecular weight is 314 g/mol. The fourth-order valence-corrected chi connectivity index (χ4v) is 3.23. The van der Waals surface area contributed by atoms with E-state index in [1.165, 1.54) is 0 Å². The van der Waals surface area contributed by atoms with Crippen LogP contribution in [0.15, 0.2) is 29.2 Å². The molecule has 1 aromatic carbocycles. The zero-order chi connectivity index (χ0) is 15.1. The van der Waals surface area contributed by atoms with Crippen molar-refractivity contribution in [3.63, 3.8) is 0 Å². The first-order valence-corrected chi connectivity index (χ1v) is 9.41. The van der Waals surface area contributed by atoms with E-state index in [4.69, 9.17) is 0 Å². The summed E-state index contributed by atoms with van der Waals surface area (Å²) in [4.78, 5) is 14.6. The predicted octanol–water partition coefficient (Wildman–Crippen LogP) is 3.03. The van der Waals surface area contributed by atoms with Gasteiger partial charge in [-0.05, 0) is 30.9 Å². The maximum atomic E-state index is 12.2. The van der Waals surface area contributed by atoms with Crippen LogP contribution >= 0.6 is 11.8 Å². The summed E-state index contributed by atoms with van der Waals surface area (Å²) < 4.78 is 11.4. The number of benzene rings is 1. The summed E-state index contributed by atoms with van der Waals surface area (Å²) in [6, 6.07) is 7.22. The van der Waals surface area contributed by atoms with Crippen molar-refractivity contribution < 1.29 is 9.00 Å². The quantitative estimate of drug-likeness (QED) is 0.878. The number of hydrogen-bond donors (Lipinski definition) is 1. The van der Waals surface area contributed by atoms with Gasteiger partial charge in [-0.25, -0.2) is 4.79 Å². The van der Waals surface area contributed by atoms with Crippen molar-refractivity contribution in [1.82, 2.24) is 4.90 Å².